The summed E-state index contributed by atoms with van der Waals surface area (Å²) in [6.45, 7) is 1.24. The molecule has 0 saturated heterocycles. The minimum absolute atomic E-state index is 0.0258. The Morgan fingerprint density at radius 1 is 1.15 bits per heavy atom. The number of hydrogen-bond acceptors (Lipinski definition) is 7. The molecule has 7 nitrogen and oxygen atoms in total. The molecule has 7 heteroatoms. The van der Waals surface area contributed by atoms with Crippen LogP contribution in [0.5, 0.6) is 0 Å². The summed E-state index contributed by atoms with van der Waals surface area (Å²) in [4.78, 5) is 9.90. The van der Waals surface area contributed by atoms with Crippen LogP contribution in [0.25, 0.3) is 0 Å². The third-order valence-corrected chi connectivity index (χ3v) is 2.61. The van der Waals surface area contributed by atoms with Crippen molar-refractivity contribution < 1.29 is 30.3 Å². The Bertz CT molecular complexity index is 379. The Kier molecular flexibility index (Phi) is 8.69. The molecule has 0 aliphatic rings. The lowest BCUT2D eigenvalue weighted by atomic mass is 10.0. The topological polar surface area (TPSA) is 144 Å². The molecule has 7 N–H and O–H groups in total. The predicted octanol–water partition coefficient (Wildman–Crippen LogP) is -1.80. The summed E-state index contributed by atoms with van der Waals surface area (Å²) in [7, 11) is 0. The molecule has 1 aromatic rings. The van der Waals surface area contributed by atoms with E-state index in [-0.39, 0.29) is 6.29 Å². The number of hydrogen-bond donors (Lipinski definition) is 6. The van der Waals surface area contributed by atoms with Gasteiger partial charge in [-0.2, -0.15) is 0 Å². The molecule has 1 aromatic carbocycles. The number of carbonyl (C=O) groups excluding carboxylic acids is 1. The van der Waals surface area contributed by atoms with Crippen LogP contribution in [0.1, 0.15) is 5.56 Å². The molecule has 0 aliphatic carbocycles. The normalized spacial score (nSPS) is 16.3. The lowest BCUT2D eigenvalue weighted by Crippen LogP contribution is -2.46. The van der Waals surface area contributed by atoms with Crippen molar-refractivity contribution in [3.8, 4) is 0 Å². The van der Waals surface area contributed by atoms with E-state index >= 15 is 0 Å². The summed E-state index contributed by atoms with van der Waals surface area (Å²) < 4.78 is 0. The number of para-hydroxylation sites is 1. The number of carbonyl (C=O) groups is 1. The zero-order valence-electron chi connectivity index (χ0n) is 11.1. The van der Waals surface area contributed by atoms with Crippen LogP contribution in [-0.2, 0) is 4.79 Å². The summed E-state index contributed by atoms with van der Waals surface area (Å²) in [6.07, 6.45) is -6.84. The Balaban J connectivity index is 0.000000388. The van der Waals surface area contributed by atoms with Gasteiger partial charge in [0.15, 0.2) is 6.29 Å². The Morgan fingerprint density at radius 3 is 2.05 bits per heavy atom. The lowest BCUT2D eigenvalue weighted by Gasteiger charge is -2.22. The molecule has 0 fully saturated rings. The maximum Gasteiger partial charge on any atom is 0.151 e. The molecule has 114 valence electrons. The molecule has 0 bridgehead atoms. The minimum atomic E-state index is -1.79. The van der Waals surface area contributed by atoms with Gasteiger partial charge in [0.2, 0.25) is 0 Å². The van der Waals surface area contributed by atoms with E-state index < -0.39 is 31.0 Å². The Labute approximate surface area is 116 Å². The zero-order valence-corrected chi connectivity index (χ0v) is 11.1. The zero-order chi connectivity index (χ0) is 15.7. The van der Waals surface area contributed by atoms with E-state index in [1.54, 1.807) is 0 Å². The Hall–Kier alpha value is -1.51. The number of aldehydes is 1. The number of aryl methyl sites for hydroxylation is 1. The molecule has 0 spiro atoms. The summed E-state index contributed by atoms with van der Waals surface area (Å²) in [5.74, 6) is 0. The number of aliphatic hydroxyl groups is 5. The smallest absolute Gasteiger partial charge is 0.151 e. The van der Waals surface area contributed by atoms with Crippen molar-refractivity contribution in [1.29, 1.82) is 0 Å². The largest absolute Gasteiger partial charge is 0.399 e. The van der Waals surface area contributed by atoms with Gasteiger partial charge in [0.1, 0.15) is 24.4 Å². The number of aliphatic hydroxyl groups excluding tert-OH is 5. The van der Waals surface area contributed by atoms with Gasteiger partial charge in [0.05, 0.1) is 6.61 Å². The summed E-state index contributed by atoms with van der Waals surface area (Å²) in [5, 5.41) is 43.5. The van der Waals surface area contributed by atoms with Crippen LogP contribution in [0.2, 0.25) is 0 Å². The highest BCUT2D eigenvalue weighted by molar-refractivity contribution is 5.56. The fourth-order valence-corrected chi connectivity index (χ4v) is 1.20. The third-order valence-electron chi connectivity index (χ3n) is 2.61. The van der Waals surface area contributed by atoms with Crippen molar-refractivity contribution in [2.24, 2.45) is 0 Å². The first-order valence-corrected chi connectivity index (χ1v) is 5.94. The van der Waals surface area contributed by atoms with Crippen LogP contribution >= 0.6 is 0 Å². The van der Waals surface area contributed by atoms with Crippen molar-refractivity contribution in [1.82, 2.24) is 0 Å². The second kappa shape index (κ2) is 9.40. The second-order valence-corrected chi connectivity index (χ2v) is 4.21. The van der Waals surface area contributed by atoms with Gasteiger partial charge in [-0.25, -0.2) is 0 Å². The second-order valence-electron chi connectivity index (χ2n) is 4.21. The molecule has 0 radical (unpaired) electrons. The van der Waals surface area contributed by atoms with Gasteiger partial charge >= 0.3 is 0 Å². The molecule has 20 heavy (non-hydrogen) atoms. The first-order valence-electron chi connectivity index (χ1n) is 5.94. The van der Waals surface area contributed by atoms with Gasteiger partial charge in [0, 0.05) is 5.69 Å². The predicted molar refractivity (Wildman–Crippen MR) is 72.8 cm³/mol. The van der Waals surface area contributed by atoms with Gasteiger partial charge in [-0.15, -0.1) is 0 Å². The molecule has 0 aliphatic heterocycles. The number of rotatable bonds is 5. The molecule has 1 rings (SSSR count). The Morgan fingerprint density at radius 2 is 1.70 bits per heavy atom. The van der Waals surface area contributed by atoms with Crippen molar-refractivity contribution in [3.05, 3.63) is 29.8 Å². The molecular weight excluding hydrogens is 266 g/mol. The van der Waals surface area contributed by atoms with Gasteiger partial charge in [-0.3, -0.25) is 0 Å². The average Bonchev–Trinajstić information content (AvgIpc) is 2.47. The van der Waals surface area contributed by atoms with Crippen LogP contribution in [0, 0.1) is 6.92 Å². The van der Waals surface area contributed by atoms with Crippen molar-refractivity contribution in [2.75, 3.05) is 12.3 Å². The SMILES string of the molecule is Cc1ccccc1N.O=C[C@H](O)[C@@H](O)[C@H](O)[C@H](O)CO. The van der Waals surface area contributed by atoms with E-state index in [1.807, 2.05) is 31.2 Å². The number of anilines is 1. The molecule has 0 amide bonds. The van der Waals surface area contributed by atoms with Gasteiger partial charge in [0.25, 0.3) is 0 Å². The van der Waals surface area contributed by atoms with E-state index in [9.17, 15) is 4.79 Å². The highest BCUT2D eigenvalue weighted by Gasteiger charge is 2.29. The number of nitrogen functional groups attached to an aromatic ring is 1. The standard InChI is InChI=1S/C7H9N.C6H12O6/c1-6-4-2-3-5-7(6)8;7-1-3(9)5(11)6(12)4(10)2-8/h2-5H,8H2,1H3;1,3-6,8-12H,2H2/t;3-,4+,5+,6+/m.0/s1. The molecule has 0 heterocycles. The number of nitrogens with two attached hydrogens (primary N) is 1. The van der Waals surface area contributed by atoms with E-state index in [4.69, 9.17) is 31.3 Å². The quantitative estimate of drug-likeness (QED) is 0.277. The van der Waals surface area contributed by atoms with Crippen LogP contribution in [0.15, 0.2) is 24.3 Å². The average molecular weight is 287 g/mol. The monoisotopic (exact) mass is 287 g/mol. The summed E-state index contributed by atoms with van der Waals surface area (Å²) in [5.41, 5.74) is 7.53. The number of benzene rings is 1. The van der Waals surface area contributed by atoms with Crippen molar-refractivity contribution in [2.45, 2.75) is 31.3 Å². The van der Waals surface area contributed by atoms with E-state index in [0.717, 1.165) is 11.3 Å². The summed E-state index contributed by atoms with van der Waals surface area (Å²) >= 11 is 0. The first kappa shape index (κ1) is 18.5. The fraction of sp³-hybridized carbons (Fsp3) is 0.462. The minimum Gasteiger partial charge on any atom is -0.399 e. The highest BCUT2D eigenvalue weighted by Crippen LogP contribution is 2.06. The molecule has 4 atom stereocenters. The van der Waals surface area contributed by atoms with Crippen LogP contribution in [-0.4, -0.2) is 62.8 Å². The van der Waals surface area contributed by atoms with Crippen molar-refractivity contribution in [3.63, 3.8) is 0 Å². The third kappa shape index (κ3) is 6.09. The lowest BCUT2D eigenvalue weighted by molar-refractivity contribution is -0.136. The van der Waals surface area contributed by atoms with E-state index in [1.165, 1.54) is 0 Å². The molecular formula is C13H21NO6. The fourth-order valence-electron chi connectivity index (χ4n) is 1.20. The van der Waals surface area contributed by atoms with Crippen LogP contribution in [0.4, 0.5) is 5.69 Å². The molecule has 0 aromatic heterocycles. The van der Waals surface area contributed by atoms with E-state index in [2.05, 4.69) is 0 Å². The maximum atomic E-state index is 9.90. The highest BCUT2D eigenvalue weighted by atomic mass is 16.4. The van der Waals surface area contributed by atoms with Gasteiger partial charge in [-0.1, -0.05) is 18.2 Å². The van der Waals surface area contributed by atoms with Crippen LogP contribution in [0.3, 0.4) is 0 Å². The molecule has 0 saturated carbocycles. The maximum absolute atomic E-state index is 9.90. The molecule has 0 unspecified atom stereocenters. The van der Waals surface area contributed by atoms with E-state index in [0.29, 0.717) is 0 Å². The van der Waals surface area contributed by atoms with Crippen molar-refractivity contribution >= 4 is 12.0 Å². The van der Waals surface area contributed by atoms with Gasteiger partial charge in [-0.05, 0) is 18.6 Å². The van der Waals surface area contributed by atoms with Crippen LogP contribution < -0.4 is 5.73 Å². The summed E-state index contributed by atoms with van der Waals surface area (Å²) in [6, 6.07) is 7.80. The van der Waals surface area contributed by atoms with Gasteiger partial charge < -0.3 is 36.1 Å². The first-order chi connectivity index (χ1) is 9.34.